The summed E-state index contributed by atoms with van der Waals surface area (Å²) in [5.41, 5.74) is 11.8. The minimum atomic E-state index is -3.00. The third kappa shape index (κ3) is 6.18. The number of nitrogens with two attached hydrogens (primary N) is 2. The van der Waals surface area contributed by atoms with Gasteiger partial charge in [0.1, 0.15) is 0 Å². The molecule has 190 valence electrons. The molecule has 1 aliphatic carbocycles. The van der Waals surface area contributed by atoms with Crippen LogP contribution in [-0.4, -0.2) is 54.2 Å². The summed E-state index contributed by atoms with van der Waals surface area (Å²) >= 11 is 0. The molecule has 1 unspecified atom stereocenters. The van der Waals surface area contributed by atoms with E-state index in [0.29, 0.717) is 44.0 Å². The monoisotopic (exact) mass is 493 g/mol. The molecule has 1 saturated carbocycles. The highest BCUT2D eigenvalue weighted by atomic mass is 19.3. The molecule has 4 rings (SSSR count). The number of alkyl halides is 2. The van der Waals surface area contributed by atoms with Crippen LogP contribution in [0.1, 0.15) is 54.9 Å². The predicted octanol–water partition coefficient (Wildman–Crippen LogP) is 3.02. The Morgan fingerprint density at radius 3 is 2.54 bits per heavy atom. The first kappa shape index (κ1) is 24.7. The minimum Gasteiger partial charge on any atom is -0.489 e. The number of amides is 3. The number of likely N-dealkylation sites (tertiary alicyclic amines) is 1. The fraction of sp³-hybridized carbons (Fsp3) is 0.522. The number of hydrogen-bond acceptors (Lipinski definition) is 7. The molecule has 1 saturated heterocycles. The van der Waals surface area contributed by atoms with Gasteiger partial charge in [-0.2, -0.15) is 8.78 Å². The van der Waals surface area contributed by atoms with Gasteiger partial charge in [0.25, 0.3) is 5.91 Å². The molecule has 12 heteroatoms. The van der Waals surface area contributed by atoms with E-state index in [-0.39, 0.29) is 34.9 Å². The number of oxazole rings is 1. The van der Waals surface area contributed by atoms with Crippen LogP contribution in [0.3, 0.4) is 0 Å². The lowest BCUT2D eigenvalue weighted by Gasteiger charge is -2.31. The first-order chi connectivity index (χ1) is 16.7. The van der Waals surface area contributed by atoms with Gasteiger partial charge >= 0.3 is 12.6 Å². The summed E-state index contributed by atoms with van der Waals surface area (Å²) < 4.78 is 41.8. The van der Waals surface area contributed by atoms with Gasteiger partial charge < -0.3 is 35.6 Å². The van der Waals surface area contributed by atoms with Gasteiger partial charge in [0.15, 0.2) is 23.0 Å². The SMILES string of the molecule is CC(N)c1oc(-c2ccc(OC(F)F)c(OCC3CC3)c2)nc1C(=O)NC1CCN(C(N)=O)CC1. The van der Waals surface area contributed by atoms with Crippen molar-refractivity contribution >= 4 is 11.9 Å². The summed E-state index contributed by atoms with van der Waals surface area (Å²) in [6, 6.07) is 3.08. The lowest BCUT2D eigenvalue weighted by molar-refractivity contribution is -0.0515. The van der Waals surface area contributed by atoms with E-state index in [2.05, 4.69) is 15.0 Å². The van der Waals surface area contributed by atoms with Crippen LogP contribution < -0.4 is 26.3 Å². The van der Waals surface area contributed by atoms with Gasteiger partial charge in [0.2, 0.25) is 5.89 Å². The quantitative estimate of drug-likeness (QED) is 0.487. The summed E-state index contributed by atoms with van der Waals surface area (Å²) in [7, 11) is 0. The summed E-state index contributed by atoms with van der Waals surface area (Å²) in [5.74, 6) is 0.291. The van der Waals surface area contributed by atoms with Crippen molar-refractivity contribution in [1.29, 1.82) is 0 Å². The van der Waals surface area contributed by atoms with Crippen molar-refractivity contribution in [3.63, 3.8) is 0 Å². The van der Waals surface area contributed by atoms with Crippen molar-refractivity contribution in [3.05, 3.63) is 29.7 Å². The zero-order valence-electron chi connectivity index (χ0n) is 19.3. The molecule has 1 aromatic carbocycles. The van der Waals surface area contributed by atoms with Crippen molar-refractivity contribution in [2.24, 2.45) is 17.4 Å². The Kier molecular flexibility index (Phi) is 7.39. The van der Waals surface area contributed by atoms with Crippen molar-refractivity contribution in [3.8, 4) is 23.0 Å². The summed E-state index contributed by atoms with van der Waals surface area (Å²) in [4.78, 5) is 30.2. The minimum absolute atomic E-state index is 0.0423. The zero-order chi connectivity index (χ0) is 25.1. The number of urea groups is 1. The first-order valence-electron chi connectivity index (χ1n) is 11.5. The van der Waals surface area contributed by atoms with Crippen LogP contribution in [0.15, 0.2) is 22.6 Å². The van der Waals surface area contributed by atoms with Crippen LogP contribution in [-0.2, 0) is 0 Å². The first-order valence-corrected chi connectivity index (χ1v) is 11.5. The van der Waals surface area contributed by atoms with Crippen molar-refractivity contribution in [2.75, 3.05) is 19.7 Å². The third-order valence-corrected chi connectivity index (χ3v) is 6.00. The van der Waals surface area contributed by atoms with Crippen LogP contribution >= 0.6 is 0 Å². The number of aromatic nitrogens is 1. The normalized spacial score (nSPS) is 17.3. The van der Waals surface area contributed by atoms with Crippen LogP contribution in [0.2, 0.25) is 0 Å². The van der Waals surface area contributed by atoms with Crippen LogP contribution in [0.25, 0.3) is 11.5 Å². The van der Waals surface area contributed by atoms with Crippen molar-refractivity contribution in [2.45, 2.75) is 51.3 Å². The molecule has 3 amide bonds. The molecule has 1 atom stereocenters. The molecule has 5 N–H and O–H groups in total. The Bertz CT molecular complexity index is 1060. The average Bonchev–Trinajstić information content (AvgIpc) is 3.53. The molecular weight excluding hydrogens is 464 g/mol. The van der Waals surface area contributed by atoms with Crippen LogP contribution in [0.5, 0.6) is 11.5 Å². The highest BCUT2D eigenvalue weighted by molar-refractivity contribution is 5.94. The molecule has 0 bridgehead atoms. The smallest absolute Gasteiger partial charge is 0.387 e. The summed E-state index contributed by atoms with van der Waals surface area (Å²) in [6.07, 6.45) is 3.17. The van der Waals surface area contributed by atoms with E-state index in [4.69, 9.17) is 20.6 Å². The Labute approximate surface area is 200 Å². The van der Waals surface area contributed by atoms with E-state index >= 15 is 0 Å². The number of ether oxygens (including phenoxy) is 2. The number of benzene rings is 1. The molecule has 2 aliphatic rings. The topological polar surface area (TPSA) is 146 Å². The number of hydrogen-bond donors (Lipinski definition) is 3. The van der Waals surface area contributed by atoms with Gasteiger partial charge in [0.05, 0.1) is 12.6 Å². The van der Waals surface area contributed by atoms with Crippen LogP contribution in [0, 0.1) is 5.92 Å². The van der Waals surface area contributed by atoms with Crippen molar-refractivity contribution in [1.82, 2.24) is 15.2 Å². The Morgan fingerprint density at radius 1 is 1.23 bits per heavy atom. The van der Waals surface area contributed by atoms with E-state index < -0.39 is 24.6 Å². The summed E-state index contributed by atoms with van der Waals surface area (Å²) in [6.45, 7) is -0.0545. The van der Waals surface area contributed by atoms with E-state index in [0.717, 1.165) is 12.8 Å². The number of halogens is 2. The van der Waals surface area contributed by atoms with E-state index in [1.165, 1.54) is 23.1 Å². The molecule has 2 aromatic rings. The molecule has 1 aliphatic heterocycles. The number of piperidine rings is 1. The van der Waals surface area contributed by atoms with Gasteiger partial charge in [-0.25, -0.2) is 9.78 Å². The van der Waals surface area contributed by atoms with Gasteiger partial charge in [-0.1, -0.05) is 0 Å². The molecule has 2 heterocycles. The van der Waals surface area contributed by atoms with Gasteiger partial charge in [-0.3, -0.25) is 4.79 Å². The second-order valence-electron chi connectivity index (χ2n) is 8.89. The molecule has 1 aromatic heterocycles. The Hall–Kier alpha value is -3.41. The van der Waals surface area contributed by atoms with E-state index in [1.807, 2.05) is 0 Å². The number of rotatable bonds is 9. The van der Waals surface area contributed by atoms with Gasteiger partial charge in [-0.05, 0) is 56.7 Å². The zero-order valence-corrected chi connectivity index (χ0v) is 19.3. The fourth-order valence-electron chi connectivity index (χ4n) is 3.86. The lowest BCUT2D eigenvalue weighted by Crippen LogP contribution is -2.48. The van der Waals surface area contributed by atoms with Gasteiger partial charge in [-0.15, -0.1) is 0 Å². The maximum Gasteiger partial charge on any atom is 0.387 e. The average molecular weight is 494 g/mol. The molecule has 0 spiro atoms. The maximum absolute atomic E-state index is 13.0. The molecule has 0 radical (unpaired) electrons. The summed E-state index contributed by atoms with van der Waals surface area (Å²) in [5, 5.41) is 2.91. The number of carbonyl (C=O) groups excluding carboxylic acids is 2. The second kappa shape index (κ2) is 10.5. The third-order valence-electron chi connectivity index (χ3n) is 6.00. The number of primary amides is 1. The second-order valence-corrected chi connectivity index (χ2v) is 8.89. The van der Waals surface area contributed by atoms with E-state index in [1.54, 1.807) is 6.92 Å². The number of nitrogens with one attached hydrogen (secondary N) is 1. The fourth-order valence-corrected chi connectivity index (χ4v) is 3.86. The maximum atomic E-state index is 13.0. The molecular formula is C23H29F2N5O5. The van der Waals surface area contributed by atoms with Crippen LogP contribution in [0.4, 0.5) is 13.6 Å². The molecule has 10 nitrogen and oxygen atoms in total. The Morgan fingerprint density at radius 2 is 1.94 bits per heavy atom. The van der Waals surface area contributed by atoms with E-state index in [9.17, 15) is 18.4 Å². The highest BCUT2D eigenvalue weighted by Crippen LogP contribution is 2.37. The molecule has 2 fully saturated rings. The Balaban J connectivity index is 1.54. The largest absolute Gasteiger partial charge is 0.489 e. The number of nitrogens with zero attached hydrogens (tertiary/aromatic N) is 2. The standard InChI is InChI=1S/C23H29F2N5O5/c1-12(26)19-18(20(31)28-15-6-8-30(9-7-15)23(27)32)29-21(35-19)14-4-5-16(34-22(24)25)17(10-14)33-11-13-2-3-13/h4-5,10,12-13,15,22H,2-3,6-9,11,26H2,1H3,(H2,27,32)(H,28,31). The highest BCUT2D eigenvalue weighted by Gasteiger charge is 2.28. The lowest BCUT2D eigenvalue weighted by atomic mass is 10.0. The molecule has 35 heavy (non-hydrogen) atoms. The predicted molar refractivity (Wildman–Crippen MR) is 121 cm³/mol. The van der Waals surface area contributed by atoms with Gasteiger partial charge in [0, 0.05) is 24.7 Å². The number of carbonyl (C=O) groups is 2. The van der Waals surface area contributed by atoms with Crippen molar-refractivity contribution < 1.29 is 32.3 Å².